The minimum Gasteiger partial charge on any atom is -0.357 e. The van der Waals surface area contributed by atoms with Gasteiger partial charge in [-0.2, -0.15) is 0 Å². The molecule has 2 aromatic rings. The summed E-state index contributed by atoms with van der Waals surface area (Å²) >= 11 is 0. The fourth-order valence-electron chi connectivity index (χ4n) is 3.70. The van der Waals surface area contributed by atoms with Crippen molar-refractivity contribution in [3.8, 4) is 0 Å². The van der Waals surface area contributed by atoms with E-state index in [-0.39, 0.29) is 17.8 Å². The summed E-state index contributed by atoms with van der Waals surface area (Å²) in [6.07, 6.45) is 2.81. The fraction of sp³-hybridized carbons (Fsp3) is 0.476. The van der Waals surface area contributed by atoms with E-state index in [9.17, 15) is 9.18 Å². The normalized spacial score (nSPS) is 19.0. The highest BCUT2D eigenvalue weighted by molar-refractivity contribution is 5.92. The third-order valence-electron chi connectivity index (χ3n) is 5.16. The topological polar surface area (TPSA) is 39.3 Å². The number of aryl methyl sites for hydroxylation is 1. The minimum atomic E-state index is -0.206. The van der Waals surface area contributed by atoms with Gasteiger partial charge in [0.25, 0.3) is 5.91 Å². The quantitative estimate of drug-likeness (QED) is 0.903. The van der Waals surface area contributed by atoms with Gasteiger partial charge in [-0.05, 0) is 48.6 Å². The van der Waals surface area contributed by atoms with Crippen molar-refractivity contribution in [2.24, 2.45) is 5.92 Å². The number of carbonyl (C=O) groups excluding carboxylic acids is 1. The molecule has 0 unspecified atom stereocenters. The molecule has 5 heteroatoms. The largest absolute Gasteiger partial charge is 0.357 e. The average molecular weight is 357 g/mol. The Morgan fingerprint density at radius 1 is 1.27 bits per heavy atom. The molecule has 2 heterocycles. The molecule has 1 aromatic carbocycles. The molecule has 26 heavy (non-hydrogen) atoms. The van der Waals surface area contributed by atoms with Gasteiger partial charge in [-0.1, -0.05) is 26.0 Å². The maximum atomic E-state index is 13.2. The van der Waals surface area contributed by atoms with E-state index in [1.54, 1.807) is 0 Å². The van der Waals surface area contributed by atoms with Crippen LogP contribution in [0.4, 0.5) is 4.39 Å². The number of amides is 1. The van der Waals surface area contributed by atoms with Crippen molar-refractivity contribution < 1.29 is 9.18 Å². The molecule has 1 N–H and O–H groups in total. The molecule has 0 bridgehead atoms. The number of aromatic amines is 1. The maximum Gasteiger partial charge on any atom is 0.270 e. The monoisotopic (exact) mass is 357 g/mol. The summed E-state index contributed by atoms with van der Waals surface area (Å²) in [4.78, 5) is 20.4. The second-order valence-corrected chi connectivity index (χ2v) is 7.60. The van der Waals surface area contributed by atoms with Crippen LogP contribution in [0.15, 0.2) is 36.5 Å². The minimum absolute atomic E-state index is 0.0763. The van der Waals surface area contributed by atoms with Crippen LogP contribution < -0.4 is 0 Å². The number of benzene rings is 1. The average Bonchev–Trinajstić information content (AvgIpc) is 2.93. The Labute approximate surface area is 155 Å². The van der Waals surface area contributed by atoms with Crippen molar-refractivity contribution in [2.45, 2.75) is 39.8 Å². The van der Waals surface area contributed by atoms with Gasteiger partial charge in [0.2, 0.25) is 0 Å². The van der Waals surface area contributed by atoms with E-state index in [2.05, 4.69) is 23.7 Å². The van der Waals surface area contributed by atoms with Crippen LogP contribution in [0, 0.1) is 18.7 Å². The lowest BCUT2D eigenvalue weighted by molar-refractivity contribution is 0.0697. The molecule has 1 aliphatic heterocycles. The van der Waals surface area contributed by atoms with Gasteiger partial charge in [0.1, 0.15) is 11.5 Å². The zero-order valence-electron chi connectivity index (χ0n) is 15.8. The summed E-state index contributed by atoms with van der Waals surface area (Å²) in [5.41, 5.74) is 2.84. The Kier molecular flexibility index (Phi) is 5.77. The Balaban J connectivity index is 1.74. The van der Waals surface area contributed by atoms with Gasteiger partial charge in [-0.15, -0.1) is 0 Å². The number of hydrogen-bond acceptors (Lipinski definition) is 2. The molecule has 0 radical (unpaired) electrons. The van der Waals surface area contributed by atoms with Crippen molar-refractivity contribution >= 4 is 5.91 Å². The number of carbonyl (C=O) groups is 1. The summed E-state index contributed by atoms with van der Waals surface area (Å²) in [5.74, 6) is 0.296. The zero-order chi connectivity index (χ0) is 18.7. The molecule has 1 aliphatic rings. The van der Waals surface area contributed by atoms with Crippen LogP contribution in [-0.2, 0) is 6.54 Å². The van der Waals surface area contributed by atoms with Crippen molar-refractivity contribution in [1.82, 2.24) is 14.8 Å². The van der Waals surface area contributed by atoms with E-state index in [1.807, 2.05) is 36.2 Å². The summed E-state index contributed by atoms with van der Waals surface area (Å²) in [5, 5.41) is 0. The smallest absolute Gasteiger partial charge is 0.270 e. The number of H-pyrrole nitrogens is 1. The highest BCUT2D eigenvalue weighted by Gasteiger charge is 2.30. The second kappa shape index (κ2) is 8.04. The predicted octanol–water partition coefficient (Wildman–Crippen LogP) is 3.83. The number of aromatic nitrogens is 1. The van der Waals surface area contributed by atoms with Crippen molar-refractivity contribution in [3.05, 3.63) is 59.2 Å². The third kappa shape index (κ3) is 4.33. The van der Waals surface area contributed by atoms with E-state index in [0.717, 1.165) is 43.7 Å². The van der Waals surface area contributed by atoms with Crippen molar-refractivity contribution in [1.29, 1.82) is 0 Å². The summed E-state index contributed by atoms with van der Waals surface area (Å²) in [6, 6.07) is 8.92. The molecule has 1 saturated heterocycles. The van der Waals surface area contributed by atoms with Gasteiger partial charge >= 0.3 is 0 Å². The van der Waals surface area contributed by atoms with Gasteiger partial charge in [0.05, 0.1) is 0 Å². The summed E-state index contributed by atoms with van der Waals surface area (Å²) in [6.45, 7) is 9.59. The number of halogens is 1. The van der Waals surface area contributed by atoms with Crippen LogP contribution >= 0.6 is 0 Å². The van der Waals surface area contributed by atoms with Gasteiger partial charge in [-0.25, -0.2) is 4.39 Å². The molecule has 1 amide bonds. The zero-order valence-corrected chi connectivity index (χ0v) is 15.8. The molecule has 140 valence electrons. The second-order valence-electron chi connectivity index (χ2n) is 7.60. The Bertz CT molecular complexity index is 738. The molecule has 1 atom stereocenters. The van der Waals surface area contributed by atoms with Gasteiger partial charge in [0.15, 0.2) is 0 Å². The Hall–Kier alpha value is -2.14. The first-order chi connectivity index (χ1) is 12.4. The lowest BCUT2D eigenvalue weighted by Gasteiger charge is -2.34. The highest BCUT2D eigenvalue weighted by Crippen LogP contribution is 2.21. The standard InChI is InChI=1S/C21H28FN3O/c1-15(2)20-14-25(21(26)19-11-16(3)12-23-19)10-4-9-24(20)13-17-5-7-18(22)8-6-17/h5-8,11-12,15,20,23H,4,9-10,13-14H2,1-3H3/t20-/m0/s1. The van der Waals surface area contributed by atoms with Gasteiger partial charge < -0.3 is 9.88 Å². The molecule has 1 fully saturated rings. The van der Waals surface area contributed by atoms with Crippen molar-refractivity contribution in [3.63, 3.8) is 0 Å². The molecular weight excluding hydrogens is 329 g/mol. The highest BCUT2D eigenvalue weighted by atomic mass is 19.1. The first-order valence-corrected chi connectivity index (χ1v) is 9.37. The van der Waals surface area contributed by atoms with Crippen LogP contribution in [0.25, 0.3) is 0 Å². The van der Waals surface area contributed by atoms with Crippen molar-refractivity contribution in [2.75, 3.05) is 19.6 Å². The molecule has 0 aliphatic carbocycles. The number of hydrogen-bond donors (Lipinski definition) is 1. The first kappa shape index (κ1) is 18.6. The van der Waals surface area contributed by atoms with Gasteiger partial charge in [0, 0.05) is 38.4 Å². The third-order valence-corrected chi connectivity index (χ3v) is 5.16. The number of rotatable bonds is 4. The van der Waals surface area contributed by atoms with E-state index >= 15 is 0 Å². The van der Waals surface area contributed by atoms with Gasteiger partial charge in [-0.3, -0.25) is 9.69 Å². The maximum absolute atomic E-state index is 13.2. The molecule has 0 saturated carbocycles. The summed E-state index contributed by atoms with van der Waals surface area (Å²) < 4.78 is 13.2. The summed E-state index contributed by atoms with van der Waals surface area (Å²) in [7, 11) is 0. The lowest BCUT2D eigenvalue weighted by Crippen LogP contribution is -2.45. The molecule has 3 rings (SSSR count). The van der Waals surface area contributed by atoms with E-state index < -0.39 is 0 Å². The lowest BCUT2D eigenvalue weighted by atomic mass is 10.0. The number of nitrogens with one attached hydrogen (secondary N) is 1. The SMILES string of the molecule is Cc1c[nH]c(C(=O)N2CCCN(Cc3ccc(F)cc3)[C@H](C(C)C)C2)c1. The van der Waals surface area contributed by atoms with Crippen LogP contribution in [0.2, 0.25) is 0 Å². The van der Waals surface area contributed by atoms with Crippen LogP contribution in [0.5, 0.6) is 0 Å². The van der Waals surface area contributed by atoms with E-state index in [1.165, 1.54) is 12.1 Å². The Morgan fingerprint density at radius 3 is 2.62 bits per heavy atom. The Morgan fingerprint density at radius 2 is 2.00 bits per heavy atom. The van der Waals surface area contributed by atoms with E-state index in [4.69, 9.17) is 0 Å². The number of nitrogens with zero attached hydrogens (tertiary/aromatic N) is 2. The molecule has 4 nitrogen and oxygen atoms in total. The molecule has 1 aromatic heterocycles. The molecular formula is C21H28FN3O. The van der Waals surface area contributed by atoms with E-state index in [0.29, 0.717) is 11.6 Å². The predicted molar refractivity (Wildman–Crippen MR) is 101 cm³/mol. The fourth-order valence-corrected chi connectivity index (χ4v) is 3.70. The van der Waals surface area contributed by atoms with Crippen LogP contribution in [0.1, 0.15) is 41.9 Å². The van der Waals surface area contributed by atoms with Crippen LogP contribution in [0.3, 0.4) is 0 Å². The first-order valence-electron chi connectivity index (χ1n) is 9.37. The molecule has 0 spiro atoms. The van der Waals surface area contributed by atoms with Crippen LogP contribution in [-0.4, -0.2) is 46.4 Å².